The zero-order valence-electron chi connectivity index (χ0n) is 11.6. The molecule has 1 aromatic rings. The second-order valence-corrected chi connectivity index (χ2v) is 5.15. The Balaban J connectivity index is 2.18. The monoisotopic (exact) mass is 352 g/mol. The summed E-state index contributed by atoms with van der Waals surface area (Å²) in [7, 11) is 0. The van der Waals surface area contributed by atoms with E-state index >= 15 is 0 Å². The van der Waals surface area contributed by atoms with Crippen LogP contribution >= 0.6 is 11.6 Å². The Hall–Kier alpha value is -2.00. The van der Waals surface area contributed by atoms with Crippen molar-refractivity contribution >= 4 is 23.9 Å². The third-order valence-corrected chi connectivity index (χ3v) is 3.61. The number of ether oxygens (including phenoxy) is 1. The van der Waals surface area contributed by atoms with E-state index < -0.39 is 23.9 Å². The van der Waals surface area contributed by atoms with Crippen molar-refractivity contribution in [2.75, 3.05) is 0 Å². The maximum Gasteiger partial charge on any atom is 0.346 e. The van der Waals surface area contributed by atoms with E-state index in [1.807, 2.05) is 5.43 Å². The van der Waals surface area contributed by atoms with Crippen molar-refractivity contribution in [2.24, 2.45) is 0 Å². The van der Waals surface area contributed by atoms with Gasteiger partial charge >= 0.3 is 12.5 Å². The molecule has 10 heteroatoms. The molecule has 2 rings (SSSR count). The number of hydrogen-bond donors (Lipinski definition) is 1. The summed E-state index contributed by atoms with van der Waals surface area (Å²) in [5.74, 6) is -2.00. The first-order valence-electron chi connectivity index (χ1n) is 6.51. The van der Waals surface area contributed by atoms with Gasteiger partial charge in [0.1, 0.15) is 5.82 Å². The quantitative estimate of drug-likeness (QED) is 0.604. The Labute approximate surface area is 134 Å². The fraction of sp³-hybridized carbons (Fsp3) is 0.385. The summed E-state index contributed by atoms with van der Waals surface area (Å²) in [5, 5.41) is 0.159. The normalized spacial score (nSPS) is 15.7. The summed E-state index contributed by atoms with van der Waals surface area (Å²) in [4.78, 5) is 28.0. The van der Waals surface area contributed by atoms with Crippen molar-refractivity contribution in [3.8, 4) is 5.75 Å². The molecule has 1 N–H and O–H groups in total. The topological polar surface area (TPSA) is 67.9 Å². The average molecular weight is 353 g/mol. The van der Waals surface area contributed by atoms with Gasteiger partial charge in [0.15, 0.2) is 11.4 Å². The van der Waals surface area contributed by atoms with Crippen molar-refractivity contribution in [3.05, 3.63) is 29.0 Å². The van der Waals surface area contributed by atoms with E-state index in [4.69, 9.17) is 16.4 Å². The summed E-state index contributed by atoms with van der Waals surface area (Å²) in [5.41, 5.74) is 0.130. The largest absolute Gasteiger partial charge is 0.356 e. The van der Waals surface area contributed by atoms with Crippen LogP contribution in [0.3, 0.4) is 0 Å². The van der Waals surface area contributed by atoms with Crippen LogP contribution in [0.25, 0.3) is 0 Å². The fourth-order valence-corrected chi connectivity index (χ4v) is 2.17. The smallest absolute Gasteiger partial charge is 0.346 e. The van der Waals surface area contributed by atoms with Crippen LogP contribution in [0, 0.1) is 5.82 Å². The van der Waals surface area contributed by atoms with Crippen molar-refractivity contribution in [1.82, 2.24) is 10.6 Å². The molecule has 0 unspecified atom stereocenters. The number of carbonyl (C=O) groups excluding carboxylic acids is 2. The molecule has 0 spiro atoms. The lowest BCUT2D eigenvalue weighted by atomic mass is 9.79. The zero-order valence-corrected chi connectivity index (χ0v) is 12.4. The van der Waals surface area contributed by atoms with Gasteiger partial charge in [0.2, 0.25) is 6.41 Å². The lowest BCUT2D eigenvalue weighted by Gasteiger charge is -2.41. The lowest BCUT2D eigenvalue weighted by Crippen LogP contribution is -2.60. The molecule has 1 saturated carbocycles. The van der Waals surface area contributed by atoms with Gasteiger partial charge in [-0.3, -0.25) is 9.59 Å². The summed E-state index contributed by atoms with van der Waals surface area (Å²) in [6.07, 6.45) is 0.707. The molecule has 0 bridgehead atoms. The number of alkyl halides is 2. The minimum absolute atomic E-state index is 0.0472. The van der Waals surface area contributed by atoms with E-state index in [1.54, 1.807) is 0 Å². The van der Waals surface area contributed by atoms with Crippen molar-refractivity contribution in [2.45, 2.75) is 31.5 Å². The Kier molecular flexibility index (Phi) is 5.32. The van der Waals surface area contributed by atoms with Crippen LogP contribution < -0.4 is 10.3 Å². The van der Waals surface area contributed by atoms with Crippen LogP contribution in [0.15, 0.2) is 18.2 Å². The molecule has 0 saturated heterocycles. The highest BCUT2D eigenvalue weighted by Gasteiger charge is 2.51. The molecule has 1 aliphatic rings. The molecular formula is C13H12ClF3N2O4. The van der Waals surface area contributed by atoms with Crippen molar-refractivity contribution in [3.63, 3.8) is 0 Å². The highest BCUT2D eigenvalue weighted by atomic mass is 35.5. The molecule has 1 aromatic carbocycles. The van der Waals surface area contributed by atoms with Gasteiger partial charge < -0.3 is 9.57 Å². The van der Waals surface area contributed by atoms with Crippen LogP contribution in [0.4, 0.5) is 13.2 Å². The molecule has 1 aliphatic carbocycles. The van der Waals surface area contributed by atoms with Crippen LogP contribution in [0.1, 0.15) is 19.3 Å². The molecule has 0 heterocycles. The van der Waals surface area contributed by atoms with Gasteiger partial charge in [-0.2, -0.15) is 8.78 Å². The summed E-state index contributed by atoms with van der Waals surface area (Å²) in [6.45, 7) is -3.16. The predicted molar refractivity (Wildman–Crippen MR) is 71.8 cm³/mol. The molecule has 0 radical (unpaired) electrons. The minimum Gasteiger partial charge on any atom is -0.356 e. The van der Waals surface area contributed by atoms with Gasteiger partial charge in [0.25, 0.3) is 0 Å². The van der Waals surface area contributed by atoms with Crippen LogP contribution in [0.2, 0.25) is 5.02 Å². The SMILES string of the molecule is O=CNN(Oc1ccc(Cl)c(F)c1)C(=O)C1(OC(F)F)CCC1. The summed E-state index contributed by atoms with van der Waals surface area (Å²) < 4.78 is 42.8. The highest BCUT2D eigenvalue weighted by Crippen LogP contribution is 2.38. The van der Waals surface area contributed by atoms with Gasteiger partial charge in [0, 0.05) is 6.07 Å². The second-order valence-electron chi connectivity index (χ2n) is 4.74. The number of hydroxylamine groups is 1. The first-order chi connectivity index (χ1) is 10.9. The number of nitrogens with one attached hydrogen (secondary N) is 1. The van der Waals surface area contributed by atoms with Gasteiger partial charge in [-0.05, 0) is 31.4 Å². The third kappa shape index (κ3) is 3.85. The molecular weight excluding hydrogens is 341 g/mol. The van der Waals surface area contributed by atoms with Gasteiger partial charge in [-0.25, -0.2) is 9.82 Å². The molecule has 6 nitrogen and oxygen atoms in total. The van der Waals surface area contributed by atoms with E-state index in [1.165, 1.54) is 12.1 Å². The first-order valence-corrected chi connectivity index (χ1v) is 6.89. The standard InChI is InChI=1S/C13H12ClF3N2O4/c14-9-3-2-8(6-10(9)15)23-19(18-7-20)11(21)13(4-1-5-13)22-12(16)17/h2-3,6-7,12H,1,4-5H2,(H,18,20). The molecule has 2 amide bonds. The predicted octanol–water partition coefficient (Wildman–Crippen LogP) is 2.42. The van der Waals surface area contributed by atoms with Crippen LogP contribution in [-0.2, 0) is 14.3 Å². The molecule has 126 valence electrons. The number of benzene rings is 1. The maximum absolute atomic E-state index is 13.4. The minimum atomic E-state index is -3.16. The second kappa shape index (κ2) is 7.05. The first kappa shape index (κ1) is 17.4. The van der Waals surface area contributed by atoms with Crippen LogP contribution in [-0.4, -0.2) is 29.7 Å². The van der Waals surface area contributed by atoms with E-state index in [0.717, 1.165) is 6.07 Å². The van der Waals surface area contributed by atoms with Gasteiger partial charge in [-0.15, -0.1) is 0 Å². The number of hydrazine groups is 1. The van der Waals surface area contributed by atoms with E-state index in [-0.39, 0.29) is 30.0 Å². The Bertz CT molecular complexity index is 599. The maximum atomic E-state index is 13.4. The van der Waals surface area contributed by atoms with Crippen molar-refractivity contribution in [1.29, 1.82) is 0 Å². The molecule has 0 atom stereocenters. The number of carbonyl (C=O) groups is 2. The lowest BCUT2D eigenvalue weighted by molar-refractivity contribution is -0.250. The van der Waals surface area contributed by atoms with Gasteiger partial charge in [-0.1, -0.05) is 16.8 Å². The summed E-state index contributed by atoms with van der Waals surface area (Å²) in [6, 6.07) is 3.28. The number of amides is 2. The molecule has 1 fully saturated rings. The van der Waals surface area contributed by atoms with Crippen molar-refractivity contribution < 1.29 is 32.3 Å². The van der Waals surface area contributed by atoms with E-state index in [9.17, 15) is 22.8 Å². The number of halogens is 4. The van der Waals surface area contributed by atoms with Gasteiger partial charge in [0.05, 0.1) is 5.02 Å². The number of rotatable bonds is 7. The molecule has 0 aliphatic heterocycles. The third-order valence-electron chi connectivity index (χ3n) is 3.31. The zero-order chi connectivity index (χ0) is 17.0. The Morgan fingerprint density at radius 3 is 2.61 bits per heavy atom. The van der Waals surface area contributed by atoms with E-state index in [2.05, 4.69) is 4.74 Å². The Morgan fingerprint density at radius 2 is 2.13 bits per heavy atom. The highest BCUT2D eigenvalue weighted by molar-refractivity contribution is 6.30. The molecule has 23 heavy (non-hydrogen) atoms. The number of nitrogens with zero attached hydrogens (tertiary/aromatic N) is 1. The van der Waals surface area contributed by atoms with E-state index in [0.29, 0.717) is 11.6 Å². The molecule has 0 aromatic heterocycles. The fourth-order valence-electron chi connectivity index (χ4n) is 2.05. The van der Waals surface area contributed by atoms with Crippen LogP contribution in [0.5, 0.6) is 5.75 Å². The Morgan fingerprint density at radius 1 is 1.43 bits per heavy atom. The number of hydrogen-bond acceptors (Lipinski definition) is 4. The summed E-state index contributed by atoms with van der Waals surface area (Å²) >= 11 is 5.52. The average Bonchev–Trinajstić information content (AvgIpc) is 2.45.